The first-order valence-electron chi connectivity index (χ1n) is 19.3. The van der Waals surface area contributed by atoms with Crippen molar-refractivity contribution in [3.63, 3.8) is 0 Å². The van der Waals surface area contributed by atoms with E-state index in [9.17, 15) is 19.8 Å². The normalized spacial score (nSPS) is 17.3. The first kappa shape index (κ1) is 41.8. The molecule has 0 spiro atoms. The summed E-state index contributed by atoms with van der Waals surface area (Å²) in [5, 5.41) is 30.1. The first-order valence-corrected chi connectivity index (χ1v) is 24.0. The highest BCUT2D eigenvalue weighted by Gasteiger charge is 2.45. The molecule has 0 aliphatic heterocycles. The predicted molar refractivity (Wildman–Crippen MR) is 227 cm³/mol. The third kappa shape index (κ3) is 9.64. The van der Waals surface area contributed by atoms with Gasteiger partial charge in [0.25, 0.3) is 0 Å². The summed E-state index contributed by atoms with van der Waals surface area (Å²) in [6.45, 7) is 13.6. The number of ether oxygens (including phenoxy) is 2. The van der Waals surface area contributed by atoms with Crippen molar-refractivity contribution in [3.05, 3.63) is 115 Å². The zero-order valence-electron chi connectivity index (χ0n) is 33.2. The number of benzene rings is 2. The Morgan fingerprint density at radius 2 is 1.62 bits per heavy atom. The van der Waals surface area contributed by atoms with Crippen LogP contribution in [0.3, 0.4) is 0 Å². The molecule has 1 saturated carbocycles. The van der Waals surface area contributed by atoms with Crippen LogP contribution in [0.4, 0.5) is 0 Å². The van der Waals surface area contributed by atoms with Crippen LogP contribution < -0.4 is 15.6 Å². The summed E-state index contributed by atoms with van der Waals surface area (Å²) < 4.78 is 19.0. The number of phenols is 1. The Labute approximate surface area is 338 Å². The van der Waals surface area contributed by atoms with Crippen LogP contribution in [-0.2, 0) is 26.1 Å². The number of aromatic amines is 1. The topological polar surface area (TPSA) is 133 Å². The number of rotatable bonds is 16. The van der Waals surface area contributed by atoms with Crippen molar-refractivity contribution < 1.29 is 28.9 Å². The fourth-order valence-corrected chi connectivity index (χ4v) is 9.95. The number of aromatic hydroxyl groups is 1. The van der Waals surface area contributed by atoms with Crippen LogP contribution in [0, 0.1) is 0 Å². The number of carbonyl (C=O) groups excluding carboxylic acids is 1. The molecule has 1 aliphatic rings. The number of fused-ring (bicyclic) bond motifs is 1. The Morgan fingerprint density at radius 1 is 0.964 bits per heavy atom. The summed E-state index contributed by atoms with van der Waals surface area (Å²) in [5.74, 6) is 0.245. The van der Waals surface area contributed by atoms with Gasteiger partial charge in [-0.3, -0.25) is 4.79 Å². The molecule has 300 valence electrons. The maximum atomic E-state index is 13.4. The molecule has 5 aromatic rings. The van der Waals surface area contributed by atoms with Crippen molar-refractivity contribution in [3.8, 4) is 11.5 Å². The van der Waals surface area contributed by atoms with Gasteiger partial charge in [0, 0.05) is 37.1 Å². The summed E-state index contributed by atoms with van der Waals surface area (Å²) in [7, 11) is -0.0698. The van der Waals surface area contributed by atoms with E-state index in [0.29, 0.717) is 41.0 Å². The number of aliphatic hydroxyl groups is 1. The molecular formula is C43H55N3O7S2Si. The molecule has 1 fully saturated rings. The number of H-pyrrole nitrogens is 1. The van der Waals surface area contributed by atoms with E-state index in [-0.39, 0.29) is 28.6 Å². The van der Waals surface area contributed by atoms with Crippen molar-refractivity contribution in [2.45, 2.75) is 95.0 Å². The number of phenolic OH excluding ortho intramolecular Hbond substituents is 1. The summed E-state index contributed by atoms with van der Waals surface area (Å²) >= 11 is 2.71. The van der Waals surface area contributed by atoms with E-state index in [2.05, 4.69) is 68.2 Å². The first-order chi connectivity index (χ1) is 26.7. The molecule has 0 unspecified atom stereocenters. The van der Waals surface area contributed by atoms with E-state index in [0.717, 1.165) is 54.5 Å². The highest BCUT2D eigenvalue weighted by atomic mass is 32.1. The van der Waals surface area contributed by atoms with E-state index in [1.54, 1.807) is 24.3 Å². The lowest BCUT2D eigenvalue weighted by Gasteiger charge is -2.39. The minimum Gasteiger partial charge on any atom is -0.506 e. The molecule has 0 bridgehead atoms. The summed E-state index contributed by atoms with van der Waals surface area (Å²) in [6.07, 6.45) is 2.78. The fourth-order valence-electron chi connectivity index (χ4n) is 6.96. The van der Waals surface area contributed by atoms with Crippen molar-refractivity contribution >= 4 is 47.9 Å². The van der Waals surface area contributed by atoms with Gasteiger partial charge in [0.1, 0.15) is 24.2 Å². The van der Waals surface area contributed by atoms with Gasteiger partial charge in [0.15, 0.2) is 8.32 Å². The summed E-state index contributed by atoms with van der Waals surface area (Å²) in [4.78, 5) is 31.7. The SMILES string of the molecule is CN(CCOc1ccc(CNC[C@@H](O[Si](C)(C)C(C)(C)C)c2ccc(O)c3[nH]c(=O)ccc23)cc1)C1CCC(OC(=O)C(O)(c2cccs2)c2cccs2)CC1. The van der Waals surface area contributed by atoms with Crippen molar-refractivity contribution in [2.75, 3.05) is 26.7 Å². The average molecular weight is 818 g/mol. The lowest BCUT2D eigenvalue weighted by atomic mass is 9.91. The Hall–Kier alpha value is -3.82. The summed E-state index contributed by atoms with van der Waals surface area (Å²) in [6, 6.07) is 22.5. The van der Waals surface area contributed by atoms with Crippen LogP contribution in [0.1, 0.15) is 73.4 Å². The molecule has 1 aliphatic carbocycles. The van der Waals surface area contributed by atoms with Gasteiger partial charge in [-0.15, -0.1) is 22.7 Å². The molecule has 13 heteroatoms. The highest BCUT2D eigenvalue weighted by Crippen LogP contribution is 2.41. The van der Waals surface area contributed by atoms with E-state index in [1.807, 2.05) is 41.1 Å². The third-order valence-electron chi connectivity index (χ3n) is 11.4. The van der Waals surface area contributed by atoms with Crippen LogP contribution in [0.2, 0.25) is 18.1 Å². The van der Waals surface area contributed by atoms with Gasteiger partial charge >= 0.3 is 5.97 Å². The second-order valence-electron chi connectivity index (χ2n) is 16.3. The number of carbonyl (C=O) groups is 1. The molecule has 4 N–H and O–H groups in total. The smallest absolute Gasteiger partial charge is 0.349 e. The van der Waals surface area contributed by atoms with Crippen molar-refractivity contribution in [1.29, 1.82) is 0 Å². The molecule has 1 atom stereocenters. The Bertz CT molecular complexity index is 2050. The molecule has 10 nitrogen and oxygen atoms in total. The maximum Gasteiger partial charge on any atom is 0.349 e. The van der Waals surface area contributed by atoms with E-state index in [4.69, 9.17) is 13.9 Å². The second-order valence-corrected chi connectivity index (χ2v) is 22.9. The number of hydrogen-bond acceptors (Lipinski definition) is 11. The van der Waals surface area contributed by atoms with Gasteiger partial charge in [-0.05, 0) is 109 Å². The van der Waals surface area contributed by atoms with Crippen LogP contribution in [0.15, 0.2) is 88.4 Å². The van der Waals surface area contributed by atoms with E-state index in [1.165, 1.54) is 28.7 Å². The van der Waals surface area contributed by atoms with Gasteiger partial charge in [0.05, 0.1) is 21.4 Å². The highest BCUT2D eigenvalue weighted by molar-refractivity contribution is 7.12. The maximum absolute atomic E-state index is 13.4. The average Bonchev–Trinajstić information content (AvgIpc) is 3.92. The summed E-state index contributed by atoms with van der Waals surface area (Å²) in [5.41, 5.74) is 0.408. The molecule has 3 heterocycles. The molecule has 6 rings (SSSR count). The minimum absolute atomic E-state index is 0.00293. The molecule has 0 amide bonds. The van der Waals surface area contributed by atoms with Crippen molar-refractivity contribution in [2.24, 2.45) is 0 Å². The fraction of sp³-hybridized carbons (Fsp3) is 0.442. The lowest BCUT2D eigenvalue weighted by Crippen LogP contribution is -2.43. The minimum atomic E-state index is -2.18. The van der Waals surface area contributed by atoms with E-state index >= 15 is 0 Å². The quantitative estimate of drug-likeness (QED) is 0.0574. The van der Waals surface area contributed by atoms with Crippen LogP contribution in [0.5, 0.6) is 11.5 Å². The van der Waals surface area contributed by atoms with Crippen LogP contribution >= 0.6 is 22.7 Å². The van der Waals surface area contributed by atoms with Crippen molar-refractivity contribution in [1.82, 2.24) is 15.2 Å². The van der Waals surface area contributed by atoms with Gasteiger partial charge in [0.2, 0.25) is 11.2 Å². The number of nitrogens with one attached hydrogen (secondary N) is 2. The standard InChI is InChI=1S/C43H55N3O7S2Si/c1-42(2,3)56(5,6)53-36(33-19-21-35(47)40-34(33)20-22-39(48)45-40)28-44-27-29-11-15-31(16-12-29)51-24-23-46(4)30-13-17-32(18-14-30)52-41(49)43(50,37-9-7-25-54-37)38-10-8-26-55-38/h7-12,15-16,19-22,25-26,30,32,36,44,47,50H,13-14,17-18,23-24,27-28H2,1-6H3,(H,45,48)/t30?,32?,36-/m1/s1. The number of aromatic nitrogens is 1. The Balaban J connectivity index is 0.968. The van der Waals surface area contributed by atoms with Gasteiger partial charge in [-0.1, -0.05) is 51.1 Å². The second kappa shape index (κ2) is 17.8. The predicted octanol–water partition coefficient (Wildman–Crippen LogP) is 8.31. The molecule has 0 saturated heterocycles. The van der Waals surface area contributed by atoms with Crippen LogP contribution in [-0.4, -0.2) is 73.3 Å². The molecule has 3 aromatic heterocycles. The number of nitrogens with zero attached hydrogens (tertiary/aromatic N) is 1. The Morgan fingerprint density at radius 3 is 2.23 bits per heavy atom. The molecule has 0 radical (unpaired) electrons. The largest absolute Gasteiger partial charge is 0.506 e. The number of thiophene rings is 2. The molecule has 56 heavy (non-hydrogen) atoms. The van der Waals surface area contributed by atoms with Gasteiger partial charge in [-0.2, -0.15) is 0 Å². The molecular weight excluding hydrogens is 763 g/mol. The zero-order chi connectivity index (χ0) is 40.1. The monoisotopic (exact) mass is 817 g/mol. The Kier molecular flexibility index (Phi) is 13.3. The van der Waals surface area contributed by atoms with Gasteiger partial charge in [-0.25, -0.2) is 4.79 Å². The third-order valence-corrected chi connectivity index (χ3v) is 17.8. The van der Waals surface area contributed by atoms with Gasteiger partial charge < -0.3 is 39.3 Å². The number of esters is 1. The number of likely N-dealkylation sites (N-methyl/N-ethyl adjacent to an activating group) is 1. The zero-order valence-corrected chi connectivity index (χ0v) is 35.8. The van der Waals surface area contributed by atoms with Crippen LogP contribution in [0.25, 0.3) is 10.9 Å². The number of hydrogen-bond donors (Lipinski definition) is 4. The number of pyridine rings is 1. The van der Waals surface area contributed by atoms with E-state index < -0.39 is 19.9 Å². The molecule has 2 aromatic carbocycles. The lowest BCUT2D eigenvalue weighted by molar-refractivity contribution is -0.169.